The summed E-state index contributed by atoms with van der Waals surface area (Å²) < 4.78 is 23.7. The van der Waals surface area contributed by atoms with Gasteiger partial charge in [-0.05, 0) is 17.5 Å². The van der Waals surface area contributed by atoms with Crippen LogP contribution >= 0.6 is 0 Å². The van der Waals surface area contributed by atoms with Crippen LogP contribution in [-0.2, 0) is 7.05 Å². The van der Waals surface area contributed by atoms with E-state index < -0.39 is 5.82 Å². The zero-order chi connectivity index (χ0) is 14.3. The molecule has 3 rings (SSSR count). The Balaban J connectivity index is 2.48. The Morgan fingerprint density at radius 2 is 2.21 bits per heavy atom. The van der Waals surface area contributed by atoms with E-state index in [1.54, 1.807) is 31.3 Å². The van der Waals surface area contributed by atoms with Crippen LogP contribution in [0.3, 0.4) is 0 Å². The first-order chi connectivity index (χ1) is 9.63. The molecular formula is C15H10FN3. The Kier molecular flexibility index (Phi) is 2.28. The molecule has 0 bridgehead atoms. The standard InChI is InChI=1S/C15H10FN3/c1-19-14(6-7-18-19)15-12(9-17)11-5-3-2-4-10(11)8-13(15)16/h2-8H,1H3/i6D. The number of rotatable bonds is 1. The SMILES string of the molecule is [2H]c1cnn(C)c1-c1c(F)cc2ccccc2c1C#N. The predicted octanol–water partition coefficient (Wildman–Crippen LogP) is 3.25. The van der Waals surface area contributed by atoms with Gasteiger partial charge < -0.3 is 0 Å². The number of nitrogens with zero attached hydrogens (tertiary/aromatic N) is 3. The van der Waals surface area contributed by atoms with Crippen LogP contribution in [0.5, 0.6) is 0 Å². The first-order valence-electron chi connectivity index (χ1n) is 6.23. The summed E-state index contributed by atoms with van der Waals surface area (Å²) >= 11 is 0. The molecule has 1 aromatic heterocycles. The van der Waals surface area contributed by atoms with E-state index in [1.165, 1.54) is 16.9 Å². The minimum Gasteiger partial charge on any atom is -0.268 e. The van der Waals surface area contributed by atoms with Crippen LogP contribution in [0.15, 0.2) is 42.6 Å². The number of fused-ring (bicyclic) bond motifs is 1. The maximum Gasteiger partial charge on any atom is 0.134 e. The average molecular weight is 252 g/mol. The van der Waals surface area contributed by atoms with Crippen molar-refractivity contribution in [3.05, 3.63) is 54.0 Å². The largest absolute Gasteiger partial charge is 0.268 e. The van der Waals surface area contributed by atoms with Crippen LogP contribution in [0.1, 0.15) is 6.93 Å². The van der Waals surface area contributed by atoms with E-state index in [1.807, 2.05) is 0 Å². The molecule has 0 N–H and O–H groups in total. The fraction of sp³-hybridized carbons (Fsp3) is 0.0667. The number of hydrogen-bond donors (Lipinski definition) is 0. The van der Waals surface area contributed by atoms with Gasteiger partial charge in [-0.15, -0.1) is 0 Å². The quantitative estimate of drug-likeness (QED) is 0.667. The van der Waals surface area contributed by atoms with Crippen LogP contribution in [0.2, 0.25) is 0 Å². The highest BCUT2D eigenvalue weighted by atomic mass is 19.1. The lowest BCUT2D eigenvalue weighted by molar-refractivity contribution is 0.629. The summed E-state index contributed by atoms with van der Waals surface area (Å²) in [5.74, 6) is -0.516. The van der Waals surface area contributed by atoms with Gasteiger partial charge in [0.05, 0.1) is 18.2 Å². The van der Waals surface area contributed by atoms with E-state index in [-0.39, 0.29) is 17.2 Å². The molecule has 4 heteroatoms. The number of halogens is 1. The lowest BCUT2D eigenvalue weighted by Crippen LogP contribution is -1.99. The fourth-order valence-corrected chi connectivity index (χ4v) is 2.22. The zero-order valence-electron chi connectivity index (χ0n) is 11.2. The molecule has 0 unspecified atom stereocenters. The Labute approximate surface area is 110 Å². The zero-order valence-corrected chi connectivity index (χ0v) is 10.2. The number of benzene rings is 2. The summed E-state index contributed by atoms with van der Waals surface area (Å²) in [5.41, 5.74) is 0.679. The van der Waals surface area contributed by atoms with Crippen LogP contribution in [0.4, 0.5) is 4.39 Å². The molecule has 0 amide bonds. The minimum atomic E-state index is -0.516. The van der Waals surface area contributed by atoms with Crippen molar-refractivity contribution in [2.45, 2.75) is 0 Å². The van der Waals surface area contributed by atoms with Gasteiger partial charge in [-0.25, -0.2) is 4.39 Å². The molecule has 1 heterocycles. The fourth-order valence-electron chi connectivity index (χ4n) is 2.22. The third-order valence-electron chi connectivity index (χ3n) is 3.11. The van der Waals surface area contributed by atoms with Gasteiger partial charge in [0.25, 0.3) is 0 Å². The molecular weight excluding hydrogens is 241 g/mol. The van der Waals surface area contributed by atoms with Crippen molar-refractivity contribution in [2.75, 3.05) is 0 Å². The lowest BCUT2D eigenvalue weighted by atomic mass is 9.97. The monoisotopic (exact) mass is 252 g/mol. The maximum atomic E-state index is 14.4. The van der Waals surface area contributed by atoms with E-state index in [9.17, 15) is 9.65 Å². The number of aryl methyl sites for hydroxylation is 1. The Bertz CT molecular complexity index is 842. The topological polar surface area (TPSA) is 41.6 Å². The molecule has 0 saturated heterocycles. The van der Waals surface area contributed by atoms with E-state index in [4.69, 9.17) is 1.37 Å². The van der Waals surface area contributed by atoms with Gasteiger partial charge in [0, 0.05) is 18.6 Å². The van der Waals surface area contributed by atoms with Crippen LogP contribution < -0.4 is 0 Å². The number of aromatic nitrogens is 2. The molecule has 3 nitrogen and oxygen atoms in total. The number of nitriles is 1. The van der Waals surface area contributed by atoms with Crippen molar-refractivity contribution >= 4 is 10.8 Å². The van der Waals surface area contributed by atoms with Gasteiger partial charge >= 0.3 is 0 Å². The van der Waals surface area contributed by atoms with Crippen LogP contribution in [0.25, 0.3) is 22.0 Å². The van der Waals surface area contributed by atoms with Crippen molar-refractivity contribution in [1.29, 1.82) is 5.26 Å². The summed E-state index contributed by atoms with van der Waals surface area (Å²) in [6, 6.07) is 10.7. The molecule has 3 aromatic rings. The normalized spacial score (nSPS) is 11.3. The highest BCUT2D eigenvalue weighted by molar-refractivity contribution is 5.94. The average Bonchev–Trinajstić information content (AvgIpc) is 2.77. The maximum absolute atomic E-state index is 14.4. The molecule has 0 aliphatic rings. The Hall–Kier alpha value is -2.67. The van der Waals surface area contributed by atoms with Crippen molar-refractivity contribution in [3.8, 4) is 17.3 Å². The van der Waals surface area contributed by atoms with Gasteiger partial charge in [0.15, 0.2) is 0 Å². The summed E-state index contributed by atoms with van der Waals surface area (Å²) in [4.78, 5) is 0. The van der Waals surface area contributed by atoms with Gasteiger partial charge in [-0.1, -0.05) is 24.3 Å². The second kappa shape index (κ2) is 4.21. The second-order valence-corrected chi connectivity index (χ2v) is 4.20. The highest BCUT2D eigenvalue weighted by Crippen LogP contribution is 2.32. The van der Waals surface area contributed by atoms with E-state index in [0.717, 1.165) is 0 Å². The molecule has 0 spiro atoms. The third-order valence-corrected chi connectivity index (χ3v) is 3.11. The summed E-state index contributed by atoms with van der Waals surface area (Å²) in [6.45, 7) is 0. The number of hydrogen-bond acceptors (Lipinski definition) is 2. The highest BCUT2D eigenvalue weighted by Gasteiger charge is 2.17. The molecule has 0 saturated carbocycles. The van der Waals surface area contributed by atoms with Gasteiger partial charge in [-0.3, -0.25) is 4.68 Å². The van der Waals surface area contributed by atoms with Gasteiger partial charge in [0.2, 0.25) is 0 Å². The van der Waals surface area contributed by atoms with Crippen molar-refractivity contribution in [2.24, 2.45) is 7.05 Å². The van der Waals surface area contributed by atoms with E-state index >= 15 is 0 Å². The first-order valence-corrected chi connectivity index (χ1v) is 5.73. The molecule has 2 aromatic carbocycles. The lowest BCUT2D eigenvalue weighted by Gasteiger charge is -2.09. The minimum absolute atomic E-state index is 0.0955. The first kappa shape index (κ1) is 10.3. The van der Waals surface area contributed by atoms with Crippen molar-refractivity contribution < 1.29 is 5.76 Å². The smallest absolute Gasteiger partial charge is 0.134 e. The predicted molar refractivity (Wildman–Crippen MR) is 70.8 cm³/mol. The molecule has 0 atom stereocenters. The summed E-state index contributed by atoms with van der Waals surface area (Å²) in [5, 5.41) is 14.7. The van der Waals surface area contributed by atoms with Crippen LogP contribution in [-0.4, -0.2) is 9.78 Å². The molecule has 0 aliphatic carbocycles. The summed E-state index contributed by atoms with van der Waals surface area (Å²) in [7, 11) is 1.63. The molecule has 0 fully saturated rings. The van der Waals surface area contributed by atoms with Crippen LogP contribution in [0, 0.1) is 17.1 Å². The van der Waals surface area contributed by atoms with Gasteiger partial charge in [-0.2, -0.15) is 10.4 Å². The molecule has 0 aliphatic heterocycles. The second-order valence-electron chi connectivity index (χ2n) is 4.20. The van der Waals surface area contributed by atoms with E-state index in [0.29, 0.717) is 16.5 Å². The molecule has 92 valence electrons. The summed E-state index contributed by atoms with van der Waals surface area (Å²) in [6.07, 6.45) is 1.34. The Morgan fingerprint density at radius 3 is 2.89 bits per heavy atom. The molecule has 19 heavy (non-hydrogen) atoms. The van der Waals surface area contributed by atoms with Gasteiger partial charge in [0.1, 0.15) is 11.9 Å². The van der Waals surface area contributed by atoms with Crippen molar-refractivity contribution in [1.82, 2.24) is 9.78 Å². The Morgan fingerprint density at radius 1 is 1.42 bits per heavy atom. The third kappa shape index (κ3) is 1.67. The molecule has 0 radical (unpaired) electrons. The van der Waals surface area contributed by atoms with Crippen molar-refractivity contribution in [3.63, 3.8) is 0 Å². The van der Waals surface area contributed by atoms with E-state index in [2.05, 4.69) is 11.2 Å².